The fourth-order valence-corrected chi connectivity index (χ4v) is 9.31. The Hall–Kier alpha value is -4.52. The molecule has 16 nitrogen and oxygen atoms in total. The van der Waals surface area contributed by atoms with Gasteiger partial charge in [0.2, 0.25) is 20.0 Å². The van der Waals surface area contributed by atoms with E-state index < -0.39 is 20.0 Å². The third-order valence-corrected chi connectivity index (χ3v) is 13.0. The fraction of sp³-hybridized carbons (Fsp3) is 0.471. The highest BCUT2D eigenvalue weighted by atomic mass is 32.2. The number of hydrogen-bond donors (Lipinski definition) is 2. The molecule has 2 unspecified atom stereocenters. The number of carbonyl (C=O) groups excluding carboxylic acids is 2. The quantitative estimate of drug-likeness (QED) is 0.305. The van der Waals surface area contributed by atoms with Crippen LogP contribution >= 0.6 is 0 Å². The zero-order chi connectivity index (χ0) is 36.9. The van der Waals surface area contributed by atoms with E-state index in [0.717, 1.165) is 72.2 Å². The second-order valence-corrected chi connectivity index (χ2v) is 17.7. The maximum atomic E-state index is 13.3. The van der Waals surface area contributed by atoms with Gasteiger partial charge in [0.25, 0.3) is 11.8 Å². The molecule has 0 saturated heterocycles. The van der Waals surface area contributed by atoms with Crippen LogP contribution in [0.15, 0.2) is 36.7 Å². The number of pyridine rings is 2. The minimum absolute atomic E-state index is 0.122. The molecule has 0 fully saturated rings. The monoisotopic (exact) mass is 750 g/mol. The van der Waals surface area contributed by atoms with Gasteiger partial charge in [0, 0.05) is 48.0 Å². The summed E-state index contributed by atoms with van der Waals surface area (Å²) in [5.41, 5.74) is 18.7. The van der Waals surface area contributed by atoms with Gasteiger partial charge in [-0.1, -0.05) is 12.1 Å². The van der Waals surface area contributed by atoms with Crippen molar-refractivity contribution in [3.05, 3.63) is 81.7 Å². The fourth-order valence-electron chi connectivity index (χ4n) is 7.75. The summed E-state index contributed by atoms with van der Waals surface area (Å²) >= 11 is 0. The van der Waals surface area contributed by atoms with Crippen LogP contribution in [0.25, 0.3) is 0 Å². The normalized spacial score (nSPS) is 20.4. The molecule has 0 spiro atoms. The number of carbonyl (C=O) groups is 2. The number of nitrogens with zero attached hydrogens (tertiary/aromatic N) is 8. The van der Waals surface area contributed by atoms with Crippen LogP contribution < -0.4 is 11.5 Å². The van der Waals surface area contributed by atoms with Gasteiger partial charge >= 0.3 is 0 Å². The first-order valence-electron chi connectivity index (χ1n) is 17.3. The molecule has 0 saturated carbocycles. The number of sulfonamides is 2. The van der Waals surface area contributed by atoms with Crippen molar-refractivity contribution in [3.8, 4) is 0 Å². The van der Waals surface area contributed by atoms with Crippen molar-refractivity contribution < 1.29 is 26.4 Å². The van der Waals surface area contributed by atoms with Gasteiger partial charge in [-0.3, -0.25) is 19.6 Å². The number of anilines is 2. The summed E-state index contributed by atoms with van der Waals surface area (Å²) in [5.74, 6) is -0.344. The van der Waals surface area contributed by atoms with E-state index in [9.17, 15) is 26.4 Å². The summed E-state index contributed by atoms with van der Waals surface area (Å²) in [6.45, 7) is 0.983. The summed E-state index contributed by atoms with van der Waals surface area (Å²) in [5, 5.41) is 8.64. The highest BCUT2D eigenvalue weighted by molar-refractivity contribution is 7.88. The molecule has 18 heteroatoms. The molecule has 4 aromatic heterocycles. The predicted octanol–water partition coefficient (Wildman–Crippen LogP) is 1.88. The third-order valence-electron chi connectivity index (χ3n) is 10.5. The van der Waals surface area contributed by atoms with Crippen molar-refractivity contribution >= 4 is 43.5 Å². The Labute approximate surface area is 302 Å². The van der Waals surface area contributed by atoms with Gasteiger partial charge < -0.3 is 11.5 Å². The van der Waals surface area contributed by atoms with Gasteiger partial charge in [0.05, 0.1) is 48.8 Å². The zero-order valence-corrected chi connectivity index (χ0v) is 30.7. The molecule has 2 aliphatic heterocycles. The van der Waals surface area contributed by atoms with E-state index in [0.29, 0.717) is 49.0 Å². The van der Waals surface area contributed by atoms with Crippen LogP contribution in [-0.2, 0) is 58.8 Å². The lowest BCUT2D eigenvalue weighted by Gasteiger charge is -2.27. The zero-order valence-electron chi connectivity index (χ0n) is 29.1. The van der Waals surface area contributed by atoms with Crippen LogP contribution in [0.5, 0.6) is 0 Å². The Morgan fingerprint density at radius 2 is 1.21 bits per heavy atom. The lowest BCUT2D eigenvalue weighted by Crippen LogP contribution is -2.37. The van der Waals surface area contributed by atoms with E-state index in [4.69, 9.17) is 11.5 Å². The van der Waals surface area contributed by atoms with E-state index in [1.54, 1.807) is 12.4 Å². The average Bonchev–Trinajstić information content (AvgIpc) is 3.65. The number of rotatable bonds is 4. The summed E-state index contributed by atoms with van der Waals surface area (Å²) in [7, 11) is -6.65. The van der Waals surface area contributed by atoms with Crippen LogP contribution in [0.1, 0.15) is 92.1 Å². The summed E-state index contributed by atoms with van der Waals surface area (Å²) < 4.78 is 52.7. The van der Waals surface area contributed by atoms with Crippen molar-refractivity contribution in [2.24, 2.45) is 0 Å². The number of aromatic nitrogens is 6. The number of nitrogen functional groups attached to an aromatic ring is 2. The molecule has 4 aromatic rings. The molecular weight excluding hydrogens is 709 g/mol. The summed E-state index contributed by atoms with van der Waals surface area (Å²) in [4.78, 5) is 35.2. The number of aryl methyl sites for hydroxylation is 2. The summed E-state index contributed by atoms with van der Waals surface area (Å²) in [6, 6.07) is 7.55. The smallest absolute Gasteiger partial charge is 0.256 e. The van der Waals surface area contributed by atoms with Crippen LogP contribution in [0.4, 0.5) is 11.6 Å². The van der Waals surface area contributed by atoms with Crippen molar-refractivity contribution in [1.29, 1.82) is 0 Å². The summed E-state index contributed by atoms with van der Waals surface area (Å²) in [6.07, 6.45) is 11.7. The highest BCUT2D eigenvalue weighted by Crippen LogP contribution is 2.35. The van der Waals surface area contributed by atoms with Crippen LogP contribution in [0.2, 0.25) is 0 Å². The van der Waals surface area contributed by atoms with E-state index in [2.05, 4.69) is 20.2 Å². The molecule has 0 aromatic carbocycles. The number of hydrogen-bond acceptors (Lipinski definition) is 12. The average molecular weight is 751 g/mol. The molecule has 6 heterocycles. The lowest BCUT2D eigenvalue weighted by molar-refractivity contribution is 0.0840. The molecule has 2 aliphatic carbocycles. The topological polar surface area (TPSA) is 222 Å². The molecule has 276 valence electrons. The standard InChI is InChI=1S/2C17H21N5O3S/c1-26(24,25)21-9-7-13-15(10-21)22(20-16(13)18)17(23)12-4-2-6-14-11(12)5-3-8-19-14;1-26(24,25)21-9-7-13-15(10-21)20-22(16(13)18)17(23)12-4-2-6-14-11(12)5-3-8-19-14/h3,5,8,12H,2,4,6-7,9-10H2,1H3,(H2,18,20);3,5,8,12H,2,4,6-7,9-10,18H2,1H3. The van der Waals surface area contributed by atoms with Gasteiger partial charge in [-0.15, -0.1) is 5.10 Å². The first kappa shape index (κ1) is 35.9. The first-order valence-corrected chi connectivity index (χ1v) is 21.0. The van der Waals surface area contributed by atoms with Crippen LogP contribution in [0, 0.1) is 0 Å². The van der Waals surface area contributed by atoms with E-state index >= 15 is 0 Å². The molecule has 0 amide bonds. The van der Waals surface area contributed by atoms with Gasteiger partial charge in [0.1, 0.15) is 11.6 Å². The molecule has 8 rings (SSSR count). The van der Waals surface area contributed by atoms with E-state index in [1.165, 1.54) is 30.5 Å². The molecule has 4 aliphatic rings. The molecule has 52 heavy (non-hydrogen) atoms. The Balaban J connectivity index is 0.000000162. The van der Waals surface area contributed by atoms with Crippen LogP contribution in [0.3, 0.4) is 0 Å². The Morgan fingerprint density at radius 3 is 1.77 bits per heavy atom. The Bertz CT molecular complexity index is 2280. The SMILES string of the molecule is CS(=O)(=O)N1CCc2c(N)nn(C(=O)C3CCCc4ncccc43)c2C1.CS(=O)(=O)N1CCc2c(nn(C(=O)C3CCCc4ncccc43)c2N)C1. The predicted molar refractivity (Wildman–Crippen MR) is 192 cm³/mol. The second-order valence-electron chi connectivity index (χ2n) is 13.8. The maximum absolute atomic E-state index is 13.3. The van der Waals surface area contributed by atoms with Gasteiger partial charge in [-0.25, -0.2) is 21.5 Å². The van der Waals surface area contributed by atoms with E-state index in [1.807, 2.05) is 24.3 Å². The molecule has 4 N–H and O–H groups in total. The van der Waals surface area contributed by atoms with Gasteiger partial charge in [0.15, 0.2) is 0 Å². The van der Waals surface area contributed by atoms with Crippen LogP contribution in [-0.4, -0.2) is 92.4 Å². The van der Waals surface area contributed by atoms with Crippen molar-refractivity contribution in [1.82, 2.24) is 38.1 Å². The van der Waals surface area contributed by atoms with Gasteiger partial charge in [-0.2, -0.15) is 18.4 Å². The number of fused-ring (bicyclic) bond motifs is 4. The Morgan fingerprint density at radius 1 is 0.692 bits per heavy atom. The minimum atomic E-state index is -3.35. The van der Waals surface area contributed by atoms with E-state index in [-0.39, 0.29) is 36.7 Å². The molecular formula is C34H42N10O6S2. The van der Waals surface area contributed by atoms with Gasteiger partial charge in [-0.05, 0) is 74.6 Å². The van der Waals surface area contributed by atoms with Crippen molar-refractivity contribution in [3.63, 3.8) is 0 Å². The number of nitrogens with two attached hydrogens (primary N) is 2. The maximum Gasteiger partial charge on any atom is 0.256 e. The molecule has 0 radical (unpaired) electrons. The minimum Gasteiger partial charge on any atom is -0.383 e. The Kier molecular flexibility index (Phi) is 9.51. The molecule has 2 atom stereocenters. The molecule has 0 bridgehead atoms. The largest absolute Gasteiger partial charge is 0.383 e. The highest BCUT2D eigenvalue weighted by Gasteiger charge is 2.36. The van der Waals surface area contributed by atoms with Crippen molar-refractivity contribution in [2.75, 3.05) is 37.1 Å². The lowest BCUT2D eigenvalue weighted by atomic mass is 9.85. The van der Waals surface area contributed by atoms with Crippen molar-refractivity contribution in [2.45, 2.75) is 76.3 Å². The second kappa shape index (κ2) is 13.8. The first-order chi connectivity index (χ1) is 24.7. The third kappa shape index (κ3) is 6.75.